The lowest BCUT2D eigenvalue weighted by Gasteiger charge is -2.29. The van der Waals surface area contributed by atoms with Gasteiger partial charge in [0, 0.05) is 27.9 Å². The number of para-hydroxylation sites is 1. The predicted octanol–water partition coefficient (Wildman–Crippen LogP) is 6.70. The van der Waals surface area contributed by atoms with Crippen molar-refractivity contribution in [3.63, 3.8) is 0 Å². The summed E-state index contributed by atoms with van der Waals surface area (Å²) in [5.74, 6) is 0. The highest BCUT2D eigenvalue weighted by molar-refractivity contribution is 7.04. The van der Waals surface area contributed by atoms with Gasteiger partial charge in [-0.2, -0.15) is 0 Å². The van der Waals surface area contributed by atoms with Gasteiger partial charge in [0.05, 0.1) is 0 Å². The maximum atomic E-state index is 6.65. The molecule has 1 aromatic carbocycles. The zero-order valence-corrected chi connectivity index (χ0v) is 20.3. The van der Waals surface area contributed by atoms with E-state index in [2.05, 4.69) is 104 Å². The van der Waals surface area contributed by atoms with Gasteiger partial charge in [0.15, 0.2) is 0 Å². The third kappa shape index (κ3) is 6.97. The van der Waals surface area contributed by atoms with Crippen LogP contribution in [0.4, 0.5) is 5.69 Å². The molecule has 0 bridgehead atoms. The molecule has 156 valence electrons. The Kier molecular flexibility index (Phi) is 8.83. The zero-order chi connectivity index (χ0) is 21.7. The minimum atomic E-state index is -0.359. The van der Waals surface area contributed by atoms with Crippen molar-refractivity contribution in [1.82, 2.24) is 4.81 Å². The molecule has 0 saturated heterocycles. The molecule has 0 atom stereocenters. The molecule has 0 aliphatic heterocycles. The largest absolute Gasteiger partial charge is 0.471 e. The second-order valence-electron chi connectivity index (χ2n) is 9.50. The second kappa shape index (κ2) is 9.98. The van der Waals surface area contributed by atoms with Crippen molar-refractivity contribution in [3.8, 4) is 0 Å². The predicted molar refractivity (Wildman–Crippen MR) is 128 cm³/mol. The Labute approximate surface area is 178 Å². The number of halogens is 1. The van der Waals surface area contributed by atoms with Gasteiger partial charge >= 0.3 is 6.40 Å². The fourth-order valence-corrected chi connectivity index (χ4v) is 3.27. The van der Waals surface area contributed by atoms with E-state index in [-0.39, 0.29) is 17.2 Å². The smallest absolute Gasteiger partial charge is 0.358 e. The van der Waals surface area contributed by atoms with Crippen molar-refractivity contribution in [1.29, 1.82) is 0 Å². The molecule has 5 heteroatoms. The van der Waals surface area contributed by atoms with E-state index in [9.17, 15) is 0 Å². The van der Waals surface area contributed by atoms with Crippen molar-refractivity contribution >= 4 is 29.3 Å². The number of rotatable bonds is 7. The highest BCUT2D eigenvalue weighted by atomic mass is 35.5. The van der Waals surface area contributed by atoms with Gasteiger partial charge in [-0.3, -0.25) is 0 Å². The van der Waals surface area contributed by atoms with Crippen LogP contribution in [0.25, 0.3) is 0 Å². The fraction of sp³-hybridized carbons (Fsp3) is 0.609. The minimum absolute atomic E-state index is 0.0578. The standard InChI is InChI=1S/C23H39BClN3/c1-11-28(12-2)24(25)27-20(23(8,9)10)16-19(22(5,6)7)26-21-17(3)14-13-15-18(21)4/h13-16,26H,11-12H2,1-10H3/b19-16+,27-20-. The van der Waals surface area contributed by atoms with Crippen LogP contribution < -0.4 is 5.32 Å². The first kappa shape index (κ1) is 24.8. The Morgan fingerprint density at radius 1 is 1.04 bits per heavy atom. The first-order valence-electron chi connectivity index (χ1n) is 10.3. The van der Waals surface area contributed by atoms with E-state index < -0.39 is 0 Å². The average molecular weight is 404 g/mol. The molecule has 1 N–H and O–H groups in total. The maximum Gasteiger partial charge on any atom is 0.471 e. The van der Waals surface area contributed by atoms with Crippen LogP contribution in [0, 0.1) is 24.7 Å². The highest BCUT2D eigenvalue weighted by Gasteiger charge is 2.26. The molecule has 0 fully saturated rings. The van der Waals surface area contributed by atoms with Crippen molar-refractivity contribution in [2.24, 2.45) is 15.7 Å². The minimum Gasteiger partial charge on any atom is -0.358 e. The van der Waals surface area contributed by atoms with Gasteiger partial charge in [-0.05, 0) is 44.1 Å². The fourth-order valence-electron chi connectivity index (χ4n) is 2.89. The van der Waals surface area contributed by atoms with Crippen LogP contribution in [-0.4, -0.2) is 30.0 Å². The number of benzene rings is 1. The van der Waals surface area contributed by atoms with E-state index in [1.807, 2.05) is 0 Å². The van der Waals surface area contributed by atoms with Crippen LogP contribution in [0.5, 0.6) is 0 Å². The molecular weight excluding hydrogens is 365 g/mol. The third-order valence-electron chi connectivity index (χ3n) is 4.96. The molecule has 0 aliphatic carbocycles. The average Bonchev–Trinajstić information content (AvgIpc) is 2.55. The Bertz CT molecular complexity index is 687. The molecule has 3 nitrogen and oxygen atoms in total. The Morgan fingerprint density at radius 3 is 1.93 bits per heavy atom. The molecule has 1 aromatic rings. The molecule has 0 heterocycles. The van der Waals surface area contributed by atoms with Gasteiger partial charge in [0.1, 0.15) is 0 Å². The van der Waals surface area contributed by atoms with E-state index in [4.69, 9.17) is 16.4 Å². The van der Waals surface area contributed by atoms with Crippen LogP contribution in [0.15, 0.2) is 34.9 Å². The topological polar surface area (TPSA) is 27.6 Å². The van der Waals surface area contributed by atoms with E-state index in [0.717, 1.165) is 24.5 Å². The molecule has 0 aromatic heterocycles. The van der Waals surface area contributed by atoms with Crippen molar-refractivity contribution in [2.75, 3.05) is 18.4 Å². The highest BCUT2D eigenvalue weighted by Crippen LogP contribution is 2.31. The summed E-state index contributed by atoms with van der Waals surface area (Å²) in [5.41, 5.74) is 5.62. The Morgan fingerprint density at radius 2 is 1.54 bits per heavy atom. The second-order valence-corrected chi connectivity index (χ2v) is 9.89. The van der Waals surface area contributed by atoms with E-state index in [1.54, 1.807) is 0 Å². The normalized spacial score (nSPS) is 13.9. The monoisotopic (exact) mass is 403 g/mol. The summed E-state index contributed by atoms with van der Waals surface area (Å²) in [6, 6.07) is 6.38. The molecule has 0 aliphatic rings. The van der Waals surface area contributed by atoms with E-state index >= 15 is 0 Å². The van der Waals surface area contributed by atoms with Gasteiger partial charge in [0.2, 0.25) is 0 Å². The Hall–Kier alpha value is -1.26. The number of anilines is 1. The van der Waals surface area contributed by atoms with Gasteiger partial charge in [-0.25, -0.2) is 0 Å². The van der Waals surface area contributed by atoms with Gasteiger partial charge in [-0.15, -0.1) is 11.5 Å². The number of hydrogen-bond acceptors (Lipinski definition) is 3. The summed E-state index contributed by atoms with van der Waals surface area (Å²) in [7, 11) is 0. The molecular formula is C23H39BClN3. The van der Waals surface area contributed by atoms with Crippen LogP contribution >= 0.6 is 11.5 Å². The Balaban J connectivity index is 3.47. The van der Waals surface area contributed by atoms with Crippen LogP contribution in [0.3, 0.4) is 0 Å². The summed E-state index contributed by atoms with van der Waals surface area (Å²) in [6.07, 6.45) is 1.84. The lowest BCUT2D eigenvalue weighted by Crippen LogP contribution is -2.36. The van der Waals surface area contributed by atoms with Crippen molar-refractivity contribution in [2.45, 2.75) is 69.2 Å². The molecule has 0 spiro atoms. The van der Waals surface area contributed by atoms with E-state index in [0.29, 0.717) is 0 Å². The quantitative estimate of drug-likeness (QED) is 0.405. The molecule has 0 saturated carbocycles. The molecule has 1 rings (SSSR count). The van der Waals surface area contributed by atoms with Gasteiger partial charge in [-0.1, -0.05) is 73.6 Å². The number of allylic oxidation sites excluding steroid dienone is 2. The lowest BCUT2D eigenvalue weighted by atomic mass is 9.84. The number of hydrogen-bond donors (Lipinski definition) is 1. The number of nitrogens with one attached hydrogen (secondary N) is 1. The summed E-state index contributed by atoms with van der Waals surface area (Å²) >= 11 is 6.65. The van der Waals surface area contributed by atoms with Crippen LogP contribution in [-0.2, 0) is 0 Å². The maximum absolute atomic E-state index is 6.65. The van der Waals surface area contributed by atoms with Crippen LogP contribution in [0.1, 0.15) is 66.5 Å². The van der Waals surface area contributed by atoms with Crippen molar-refractivity contribution in [3.05, 3.63) is 41.1 Å². The zero-order valence-electron chi connectivity index (χ0n) is 19.6. The van der Waals surface area contributed by atoms with E-state index in [1.165, 1.54) is 16.8 Å². The summed E-state index contributed by atoms with van der Waals surface area (Å²) in [4.78, 5) is 7.07. The molecule has 0 unspecified atom stereocenters. The molecule has 0 amide bonds. The van der Waals surface area contributed by atoms with Gasteiger partial charge in [0.25, 0.3) is 0 Å². The summed E-state index contributed by atoms with van der Waals surface area (Å²) in [5, 5.41) is 3.71. The first-order valence-corrected chi connectivity index (χ1v) is 10.8. The molecule has 28 heavy (non-hydrogen) atoms. The SMILES string of the molecule is CCN(CC)B(Cl)/N=C(/C=C(/Nc1c(C)cccc1C)C(C)(C)C)C(C)(C)C. The number of nitrogens with zero attached hydrogens (tertiary/aromatic N) is 2. The number of aryl methyl sites for hydroxylation is 2. The van der Waals surface area contributed by atoms with Crippen LogP contribution in [0.2, 0.25) is 0 Å². The summed E-state index contributed by atoms with van der Waals surface area (Å²) in [6.45, 7) is 23.5. The third-order valence-corrected chi connectivity index (χ3v) is 5.33. The van der Waals surface area contributed by atoms with Gasteiger partial charge < -0.3 is 15.0 Å². The lowest BCUT2D eigenvalue weighted by molar-refractivity contribution is 0.487. The van der Waals surface area contributed by atoms with Crippen molar-refractivity contribution < 1.29 is 0 Å². The first-order chi connectivity index (χ1) is 12.8. The molecule has 0 radical (unpaired) electrons. The summed E-state index contributed by atoms with van der Waals surface area (Å²) < 4.78 is 0.